The molecular formula is C11H25N3S. The fourth-order valence-corrected chi connectivity index (χ4v) is 2.70. The molecule has 0 aromatic carbocycles. The van der Waals surface area contributed by atoms with E-state index in [9.17, 15) is 0 Å². The van der Waals surface area contributed by atoms with E-state index in [0.717, 1.165) is 18.6 Å². The lowest BCUT2D eigenvalue weighted by Crippen LogP contribution is -2.42. The zero-order chi connectivity index (χ0) is 11.8. The van der Waals surface area contributed by atoms with Crippen LogP contribution in [-0.4, -0.2) is 41.9 Å². The summed E-state index contributed by atoms with van der Waals surface area (Å²) in [4.78, 5) is 2.39. The van der Waals surface area contributed by atoms with Crippen LogP contribution in [0, 0.1) is 5.41 Å². The number of hydrogen-bond acceptors (Lipinski definition) is 3. The van der Waals surface area contributed by atoms with Crippen molar-refractivity contribution in [3.63, 3.8) is 0 Å². The van der Waals surface area contributed by atoms with Crippen LogP contribution in [0.2, 0.25) is 0 Å². The van der Waals surface area contributed by atoms with Gasteiger partial charge in [0.1, 0.15) is 0 Å². The SMILES string of the molecule is CCC(CSC)N(C)C(CC)CC(=N)N. The summed E-state index contributed by atoms with van der Waals surface area (Å²) in [5.74, 6) is 1.45. The van der Waals surface area contributed by atoms with Gasteiger partial charge in [-0.25, -0.2) is 0 Å². The standard InChI is InChI=1S/C11H25N3S/c1-5-9(7-11(12)13)14(3)10(6-2)8-15-4/h9-10H,5-8H2,1-4H3,(H3,12,13). The zero-order valence-corrected chi connectivity index (χ0v) is 11.2. The number of nitrogens with one attached hydrogen (secondary N) is 1. The average Bonchev–Trinajstić information content (AvgIpc) is 2.21. The third-order valence-corrected chi connectivity index (χ3v) is 3.63. The van der Waals surface area contributed by atoms with Gasteiger partial charge in [-0.3, -0.25) is 10.3 Å². The largest absolute Gasteiger partial charge is 0.388 e. The lowest BCUT2D eigenvalue weighted by atomic mass is 10.1. The van der Waals surface area contributed by atoms with Crippen LogP contribution < -0.4 is 5.73 Å². The van der Waals surface area contributed by atoms with Crippen LogP contribution in [0.25, 0.3) is 0 Å². The minimum absolute atomic E-state index is 0.299. The van der Waals surface area contributed by atoms with Gasteiger partial charge >= 0.3 is 0 Å². The molecule has 0 rings (SSSR count). The highest BCUT2D eigenvalue weighted by atomic mass is 32.2. The van der Waals surface area contributed by atoms with Crippen LogP contribution in [0.15, 0.2) is 0 Å². The molecule has 3 nitrogen and oxygen atoms in total. The van der Waals surface area contributed by atoms with Gasteiger partial charge in [-0.05, 0) is 26.1 Å². The predicted molar refractivity (Wildman–Crippen MR) is 70.8 cm³/mol. The molecule has 0 aliphatic carbocycles. The van der Waals surface area contributed by atoms with Gasteiger partial charge in [-0.1, -0.05) is 13.8 Å². The van der Waals surface area contributed by atoms with Crippen LogP contribution in [0.5, 0.6) is 0 Å². The van der Waals surface area contributed by atoms with E-state index in [1.165, 1.54) is 0 Å². The first-order chi connectivity index (χ1) is 7.06. The molecule has 0 aromatic rings. The van der Waals surface area contributed by atoms with Crippen molar-refractivity contribution in [2.75, 3.05) is 19.1 Å². The summed E-state index contributed by atoms with van der Waals surface area (Å²) in [6.07, 6.45) is 5.05. The fourth-order valence-electron chi connectivity index (χ4n) is 1.84. The second kappa shape index (κ2) is 7.99. The molecular weight excluding hydrogens is 206 g/mol. The van der Waals surface area contributed by atoms with Crippen molar-refractivity contribution in [1.29, 1.82) is 5.41 Å². The summed E-state index contributed by atoms with van der Waals surface area (Å²) >= 11 is 1.88. The number of nitrogens with two attached hydrogens (primary N) is 1. The summed E-state index contributed by atoms with van der Waals surface area (Å²) < 4.78 is 0. The molecule has 2 unspecified atom stereocenters. The Labute approximate surface area is 98.3 Å². The Balaban J connectivity index is 4.32. The Morgan fingerprint density at radius 2 is 1.87 bits per heavy atom. The van der Waals surface area contributed by atoms with Crippen molar-refractivity contribution >= 4 is 17.6 Å². The van der Waals surface area contributed by atoms with Crippen molar-refractivity contribution in [3.8, 4) is 0 Å². The molecule has 0 aliphatic heterocycles. The molecule has 0 bridgehead atoms. The highest BCUT2D eigenvalue weighted by molar-refractivity contribution is 7.98. The molecule has 2 atom stereocenters. The van der Waals surface area contributed by atoms with Gasteiger partial charge in [0.2, 0.25) is 0 Å². The van der Waals surface area contributed by atoms with E-state index in [0.29, 0.717) is 24.3 Å². The van der Waals surface area contributed by atoms with Crippen LogP contribution in [0.4, 0.5) is 0 Å². The number of nitrogens with zero attached hydrogens (tertiary/aromatic N) is 1. The Morgan fingerprint density at radius 1 is 1.33 bits per heavy atom. The van der Waals surface area contributed by atoms with Crippen molar-refractivity contribution in [2.45, 2.75) is 45.2 Å². The maximum Gasteiger partial charge on any atom is 0.0921 e. The minimum Gasteiger partial charge on any atom is -0.388 e. The molecule has 0 aromatic heterocycles. The molecule has 3 N–H and O–H groups in total. The number of hydrogen-bond donors (Lipinski definition) is 2. The second-order valence-electron chi connectivity index (χ2n) is 3.97. The summed E-state index contributed by atoms with van der Waals surface area (Å²) in [5, 5.41) is 7.37. The van der Waals surface area contributed by atoms with Crippen molar-refractivity contribution < 1.29 is 0 Å². The number of thioether (sulfide) groups is 1. The molecule has 0 fully saturated rings. The van der Waals surface area contributed by atoms with Crippen molar-refractivity contribution in [2.24, 2.45) is 5.73 Å². The van der Waals surface area contributed by atoms with E-state index >= 15 is 0 Å². The topological polar surface area (TPSA) is 53.1 Å². The molecule has 90 valence electrons. The highest BCUT2D eigenvalue weighted by Crippen LogP contribution is 2.15. The highest BCUT2D eigenvalue weighted by Gasteiger charge is 2.20. The molecule has 0 aliphatic rings. The van der Waals surface area contributed by atoms with Crippen LogP contribution in [-0.2, 0) is 0 Å². The van der Waals surface area contributed by atoms with Gasteiger partial charge in [-0.15, -0.1) is 0 Å². The summed E-state index contributed by atoms with van der Waals surface area (Å²) in [6, 6.07) is 1.02. The lowest BCUT2D eigenvalue weighted by Gasteiger charge is -2.33. The predicted octanol–water partition coefficient (Wildman–Crippen LogP) is 2.16. The van der Waals surface area contributed by atoms with Crippen LogP contribution in [0.1, 0.15) is 33.1 Å². The van der Waals surface area contributed by atoms with E-state index in [-0.39, 0.29) is 0 Å². The fraction of sp³-hybridized carbons (Fsp3) is 0.909. The smallest absolute Gasteiger partial charge is 0.0921 e. The minimum atomic E-state index is 0.299. The van der Waals surface area contributed by atoms with E-state index in [1.807, 2.05) is 11.8 Å². The molecule has 0 amide bonds. The average molecular weight is 231 g/mol. The third-order valence-electron chi connectivity index (χ3n) is 2.91. The Morgan fingerprint density at radius 3 is 2.20 bits per heavy atom. The van der Waals surface area contributed by atoms with Crippen LogP contribution >= 0.6 is 11.8 Å². The van der Waals surface area contributed by atoms with Gasteiger partial charge in [0.05, 0.1) is 5.84 Å². The van der Waals surface area contributed by atoms with E-state index in [1.54, 1.807) is 0 Å². The maximum atomic E-state index is 7.37. The molecule has 0 heterocycles. The van der Waals surface area contributed by atoms with Crippen LogP contribution in [0.3, 0.4) is 0 Å². The Bertz CT molecular complexity index is 185. The van der Waals surface area contributed by atoms with Gasteiger partial charge in [-0.2, -0.15) is 11.8 Å². The van der Waals surface area contributed by atoms with E-state index < -0.39 is 0 Å². The quantitative estimate of drug-likeness (QED) is 0.497. The maximum absolute atomic E-state index is 7.37. The summed E-state index contributed by atoms with van der Waals surface area (Å²) in [7, 11) is 2.15. The summed E-state index contributed by atoms with van der Waals surface area (Å²) in [6.45, 7) is 4.38. The molecule has 4 heteroatoms. The molecule has 15 heavy (non-hydrogen) atoms. The van der Waals surface area contributed by atoms with Gasteiger partial charge in [0.25, 0.3) is 0 Å². The lowest BCUT2D eigenvalue weighted by molar-refractivity contribution is 0.181. The number of amidine groups is 1. The zero-order valence-electron chi connectivity index (χ0n) is 10.4. The number of rotatable bonds is 8. The monoisotopic (exact) mass is 231 g/mol. The van der Waals surface area contributed by atoms with E-state index in [4.69, 9.17) is 11.1 Å². The molecule has 0 saturated heterocycles. The molecule has 0 saturated carbocycles. The second-order valence-corrected chi connectivity index (χ2v) is 4.89. The first-order valence-electron chi connectivity index (χ1n) is 5.60. The Kier molecular flexibility index (Phi) is 7.88. The normalized spacial score (nSPS) is 15.3. The molecule has 0 spiro atoms. The molecule has 0 radical (unpaired) electrons. The van der Waals surface area contributed by atoms with Gasteiger partial charge < -0.3 is 5.73 Å². The third kappa shape index (κ3) is 5.42. The first-order valence-corrected chi connectivity index (χ1v) is 6.99. The van der Waals surface area contributed by atoms with Gasteiger partial charge in [0, 0.05) is 24.3 Å². The summed E-state index contributed by atoms with van der Waals surface area (Å²) in [5.41, 5.74) is 5.47. The first kappa shape index (κ1) is 14.8. The van der Waals surface area contributed by atoms with E-state index in [2.05, 4.69) is 32.1 Å². The van der Waals surface area contributed by atoms with Gasteiger partial charge in [0.15, 0.2) is 0 Å². The Hall–Kier alpha value is -0.220. The van der Waals surface area contributed by atoms with Crippen molar-refractivity contribution in [3.05, 3.63) is 0 Å². The van der Waals surface area contributed by atoms with Crippen molar-refractivity contribution in [1.82, 2.24) is 4.90 Å².